The van der Waals surface area contributed by atoms with Gasteiger partial charge >= 0.3 is 0 Å². The van der Waals surface area contributed by atoms with Gasteiger partial charge in [-0.1, -0.05) is 27.7 Å². The lowest BCUT2D eigenvalue weighted by Gasteiger charge is -2.25. The van der Waals surface area contributed by atoms with Gasteiger partial charge in [-0.15, -0.1) is 0 Å². The first-order valence-electron chi connectivity index (χ1n) is 5.32. The molecule has 0 fully saturated rings. The predicted molar refractivity (Wildman–Crippen MR) is 60.1 cm³/mol. The lowest BCUT2D eigenvalue weighted by Crippen LogP contribution is -2.42. The van der Waals surface area contributed by atoms with E-state index in [1.54, 1.807) is 0 Å². The quantitative estimate of drug-likeness (QED) is 0.682. The standard InChI is InChI=1S/C11H26N2/c1-9(2)7-11(8-13(5)6)12-10(3)4/h9-12H,7-8H2,1-6H3/t11-/m0/s1. The highest BCUT2D eigenvalue weighted by Crippen LogP contribution is 2.06. The summed E-state index contributed by atoms with van der Waals surface area (Å²) in [5, 5.41) is 3.60. The smallest absolute Gasteiger partial charge is 0.0199 e. The van der Waals surface area contributed by atoms with E-state index in [9.17, 15) is 0 Å². The molecule has 2 heteroatoms. The zero-order chi connectivity index (χ0) is 10.4. The minimum Gasteiger partial charge on any atom is -0.310 e. The van der Waals surface area contributed by atoms with Crippen molar-refractivity contribution in [3.8, 4) is 0 Å². The highest BCUT2D eigenvalue weighted by atomic mass is 15.1. The van der Waals surface area contributed by atoms with Crippen LogP contribution < -0.4 is 5.32 Å². The van der Waals surface area contributed by atoms with E-state index < -0.39 is 0 Å². The van der Waals surface area contributed by atoms with Gasteiger partial charge in [-0.05, 0) is 26.4 Å². The van der Waals surface area contributed by atoms with Crippen LogP contribution in [0.15, 0.2) is 0 Å². The van der Waals surface area contributed by atoms with Gasteiger partial charge in [0.2, 0.25) is 0 Å². The predicted octanol–water partition coefficient (Wildman–Crippen LogP) is 1.96. The molecule has 0 radical (unpaired) electrons. The van der Waals surface area contributed by atoms with Crippen molar-refractivity contribution in [3.05, 3.63) is 0 Å². The Morgan fingerprint density at radius 2 is 1.62 bits per heavy atom. The molecule has 0 aliphatic rings. The molecule has 0 aromatic heterocycles. The van der Waals surface area contributed by atoms with E-state index >= 15 is 0 Å². The molecule has 0 saturated heterocycles. The molecule has 0 aliphatic heterocycles. The van der Waals surface area contributed by atoms with Crippen LogP contribution in [-0.4, -0.2) is 37.6 Å². The molecule has 0 unspecified atom stereocenters. The van der Waals surface area contributed by atoms with Crippen LogP contribution in [0.5, 0.6) is 0 Å². The Morgan fingerprint density at radius 3 is 1.92 bits per heavy atom. The number of nitrogens with zero attached hydrogens (tertiary/aromatic N) is 1. The number of likely N-dealkylation sites (N-methyl/N-ethyl adjacent to an activating group) is 1. The van der Waals surface area contributed by atoms with Crippen molar-refractivity contribution < 1.29 is 0 Å². The third-order valence-electron chi connectivity index (χ3n) is 1.91. The minimum atomic E-state index is 0.587. The summed E-state index contributed by atoms with van der Waals surface area (Å²) >= 11 is 0. The number of hydrogen-bond donors (Lipinski definition) is 1. The van der Waals surface area contributed by atoms with E-state index in [4.69, 9.17) is 0 Å². The maximum absolute atomic E-state index is 3.60. The van der Waals surface area contributed by atoms with Crippen LogP contribution in [0.1, 0.15) is 34.1 Å². The van der Waals surface area contributed by atoms with Crippen molar-refractivity contribution in [1.82, 2.24) is 10.2 Å². The zero-order valence-corrected chi connectivity index (χ0v) is 10.1. The number of rotatable bonds is 6. The van der Waals surface area contributed by atoms with Crippen LogP contribution >= 0.6 is 0 Å². The van der Waals surface area contributed by atoms with Gasteiger partial charge in [0.1, 0.15) is 0 Å². The van der Waals surface area contributed by atoms with E-state index in [1.165, 1.54) is 6.42 Å². The summed E-state index contributed by atoms with van der Waals surface area (Å²) in [6.45, 7) is 10.1. The summed E-state index contributed by atoms with van der Waals surface area (Å²) in [6, 6.07) is 1.22. The van der Waals surface area contributed by atoms with Gasteiger partial charge < -0.3 is 10.2 Å². The molecule has 0 heterocycles. The maximum Gasteiger partial charge on any atom is 0.0199 e. The van der Waals surface area contributed by atoms with Gasteiger partial charge in [-0.3, -0.25) is 0 Å². The van der Waals surface area contributed by atoms with Crippen LogP contribution in [0.2, 0.25) is 0 Å². The second-order valence-electron chi connectivity index (χ2n) is 4.91. The fourth-order valence-corrected chi connectivity index (χ4v) is 1.68. The molecule has 0 saturated carbocycles. The van der Waals surface area contributed by atoms with E-state index in [0.29, 0.717) is 12.1 Å². The van der Waals surface area contributed by atoms with E-state index in [1.807, 2.05) is 0 Å². The SMILES string of the molecule is CC(C)C[C@@H](CN(C)C)NC(C)C. The van der Waals surface area contributed by atoms with Crippen LogP contribution in [0.25, 0.3) is 0 Å². The fraction of sp³-hybridized carbons (Fsp3) is 1.00. The van der Waals surface area contributed by atoms with Gasteiger partial charge in [0.05, 0.1) is 0 Å². The fourth-order valence-electron chi connectivity index (χ4n) is 1.68. The summed E-state index contributed by atoms with van der Waals surface area (Å²) in [5.74, 6) is 0.774. The Balaban J connectivity index is 3.87. The van der Waals surface area contributed by atoms with Crippen molar-refractivity contribution in [2.75, 3.05) is 20.6 Å². The second kappa shape index (κ2) is 6.39. The van der Waals surface area contributed by atoms with Crippen LogP contribution in [0, 0.1) is 5.92 Å². The molecule has 2 nitrogen and oxygen atoms in total. The van der Waals surface area contributed by atoms with E-state index in [2.05, 4.69) is 52.0 Å². The van der Waals surface area contributed by atoms with Crippen LogP contribution in [-0.2, 0) is 0 Å². The molecule has 0 bridgehead atoms. The second-order valence-corrected chi connectivity index (χ2v) is 4.91. The largest absolute Gasteiger partial charge is 0.310 e. The van der Waals surface area contributed by atoms with Crippen molar-refractivity contribution in [2.24, 2.45) is 5.92 Å². The van der Waals surface area contributed by atoms with Gasteiger partial charge in [0, 0.05) is 18.6 Å². The van der Waals surface area contributed by atoms with Gasteiger partial charge in [0.15, 0.2) is 0 Å². The summed E-state index contributed by atoms with van der Waals surface area (Å²) in [6.07, 6.45) is 1.26. The average Bonchev–Trinajstić information content (AvgIpc) is 1.80. The molecule has 0 aromatic rings. The molecular formula is C11H26N2. The van der Waals surface area contributed by atoms with Crippen LogP contribution in [0.4, 0.5) is 0 Å². The molecule has 0 amide bonds. The molecule has 1 N–H and O–H groups in total. The summed E-state index contributed by atoms with van der Waals surface area (Å²) in [5.41, 5.74) is 0. The van der Waals surface area contributed by atoms with Gasteiger partial charge in [-0.25, -0.2) is 0 Å². The highest BCUT2D eigenvalue weighted by molar-refractivity contribution is 4.72. The summed E-state index contributed by atoms with van der Waals surface area (Å²) < 4.78 is 0. The molecule has 80 valence electrons. The van der Waals surface area contributed by atoms with Crippen LogP contribution in [0.3, 0.4) is 0 Å². The average molecular weight is 186 g/mol. The number of hydrogen-bond acceptors (Lipinski definition) is 2. The molecule has 0 aliphatic carbocycles. The maximum atomic E-state index is 3.60. The topological polar surface area (TPSA) is 15.3 Å². The minimum absolute atomic E-state index is 0.587. The molecule has 0 aromatic carbocycles. The molecule has 13 heavy (non-hydrogen) atoms. The third-order valence-corrected chi connectivity index (χ3v) is 1.91. The summed E-state index contributed by atoms with van der Waals surface area (Å²) in [7, 11) is 4.27. The Hall–Kier alpha value is -0.0800. The normalized spacial score (nSPS) is 14.5. The highest BCUT2D eigenvalue weighted by Gasteiger charge is 2.12. The molecule has 0 rings (SSSR count). The molecular weight excluding hydrogens is 160 g/mol. The van der Waals surface area contributed by atoms with Crippen molar-refractivity contribution in [2.45, 2.75) is 46.2 Å². The number of nitrogens with one attached hydrogen (secondary N) is 1. The Kier molecular flexibility index (Phi) is 6.35. The zero-order valence-electron chi connectivity index (χ0n) is 10.1. The monoisotopic (exact) mass is 186 g/mol. The molecule has 0 spiro atoms. The van der Waals surface area contributed by atoms with Crippen molar-refractivity contribution >= 4 is 0 Å². The van der Waals surface area contributed by atoms with Gasteiger partial charge in [-0.2, -0.15) is 0 Å². The third kappa shape index (κ3) is 8.26. The van der Waals surface area contributed by atoms with Crippen molar-refractivity contribution in [3.63, 3.8) is 0 Å². The van der Waals surface area contributed by atoms with Crippen molar-refractivity contribution in [1.29, 1.82) is 0 Å². The van der Waals surface area contributed by atoms with Gasteiger partial charge in [0.25, 0.3) is 0 Å². The van der Waals surface area contributed by atoms with E-state index in [-0.39, 0.29) is 0 Å². The lowest BCUT2D eigenvalue weighted by atomic mass is 10.0. The molecule has 1 atom stereocenters. The Bertz CT molecular complexity index is 95.5. The Morgan fingerprint density at radius 1 is 1.08 bits per heavy atom. The Labute approximate surface area is 83.7 Å². The van der Waals surface area contributed by atoms with E-state index in [0.717, 1.165) is 12.5 Å². The first kappa shape index (κ1) is 12.9. The first-order chi connectivity index (χ1) is 5.91. The summed E-state index contributed by atoms with van der Waals surface area (Å²) in [4.78, 5) is 2.25. The lowest BCUT2D eigenvalue weighted by molar-refractivity contribution is 0.294. The first-order valence-corrected chi connectivity index (χ1v) is 5.32.